The molecule has 5 rings (SSSR count). The molecule has 2 aromatic carbocycles. The Labute approximate surface area is 217 Å². The Morgan fingerprint density at radius 3 is 2.39 bits per heavy atom. The highest BCUT2D eigenvalue weighted by Crippen LogP contribution is 2.29. The van der Waals surface area contributed by atoms with Gasteiger partial charge >= 0.3 is 0 Å². The van der Waals surface area contributed by atoms with E-state index in [0.717, 1.165) is 0 Å². The summed E-state index contributed by atoms with van der Waals surface area (Å²) in [4.78, 5) is 35.1. The smallest absolute Gasteiger partial charge is 0.268 e. The van der Waals surface area contributed by atoms with Crippen LogP contribution in [0.2, 0.25) is 0 Å². The molecule has 0 aliphatic rings. The fourth-order valence-corrected chi connectivity index (χ4v) is 4.19. The summed E-state index contributed by atoms with van der Waals surface area (Å²) < 4.78 is 26.0. The van der Waals surface area contributed by atoms with E-state index >= 15 is 0 Å². The number of aromatic nitrogens is 3. The number of nitrogens with one attached hydrogen (secondary N) is 1. The summed E-state index contributed by atoms with van der Waals surface area (Å²) >= 11 is 0. The quantitative estimate of drug-likeness (QED) is 0.320. The average molecular weight is 511 g/mol. The number of ether oxygens (including phenoxy) is 2. The van der Waals surface area contributed by atoms with Gasteiger partial charge in [-0.1, -0.05) is 0 Å². The molecule has 0 aliphatic carbocycles. The molecule has 0 spiro atoms. The second kappa shape index (κ2) is 10.1. The molecule has 0 saturated heterocycles. The SMILES string of the molecule is COc1cnc2c(Oc3ccc(NC(=O)c4c(C)cc(C)n(-c5ccc(F)cc5)c4=O)cc3)ccnc2c1. The zero-order valence-electron chi connectivity index (χ0n) is 20.9. The third kappa shape index (κ3) is 4.81. The topological polar surface area (TPSA) is 95.3 Å². The largest absolute Gasteiger partial charge is 0.495 e. The van der Waals surface area contributed by atoms with Gasteiger partial charge in [-0.15, -0.1) is 0 Å². The van der Waals surface area contributed by atoms with Crippen molar-refractivity contribution in [3.05, 3.63) is 112 Å². The summed E-state index contributed by atoms with van der Waals surface area (Å²) in [6, 6.07) is 17.5. The highest BCUT2D eigenvalue weighted by atomic mass is 19.1. The number of methoxy groups -OCH3 is 1. The third-order valence-electron chi connectivity index (χ3n) is 5.99. The Bertz CT molecular complexity index is 1710. The van der Waals surface area contributed by atoms with Crippen molar-refractivity contribution in [1.82, 2.24) is 14.5 Å². The van der Waals surface area contributed by atoms with Crippen LogP contribution in [0.3, 0.4) is 0 Å². The van der Waals surface area contributed by atoms with Crippen molar-refractivity contribution in [3.63, 3.8) is 0 Å². The van der Waals surface area contributed by atoms with Gasteiger partial charge in [-0.25, -0.2) is 9.37 Å². The Kier molecular flexibility index (Phi) is 6.57. The summed E-state index contributed by atoms with van der Waals surface area (Å²) in [5.74, 6) is 0.681. The number of hydrogen-bond donors (Lipinski definition) is 1. The molecule has 0 bridgehead atoms. The van der Waals surface area contributed by atoms with E-state index in [-0.39, 0.29) is 5.56 Å². The van der Waals surface area contributed by atoms with Gasteiger partial charge in [0, 0.05) is 35.4 Å². The van der Waals surface area contributed by atoms with Crippen LogP contribution in [0, 0.1) is 19.7 Å². The van der Waals surface area contributed by atoms with Crippen molar-refractivity contribution in [2.24, 2.45) is 0 Å². The molecule has 0 fully saturated rings. The molecule has 190 valence electrons. The van der Waals surface area contributed by atoms with Crippen molar-refractivity contribution in [2.75, 3.05) is 12.4 Å². The number of halogens is 1. The van der Waals surface area contributed by atoms with Gasteiger partial charge in [-0.05, 0) is 74.0 Å². The van der Waals surface area contributed by atoms with Crippen molar-refractivity contribution >= 4 is 22.6 Å². The van der Waals surface area contributed by atoms with Crippen LogP contribution in [0.25, 0.3) is 16.7 Å². The van der Waals surface area contributed by atoms with Crippen LogP contribution in [0.4, 0.5) is 10.1 Å². The molecule has 1 amide bonds. The predicted octanol–water partition coefficient (Wildman–Crippen LogP) is 5.59. The van der Waals surface area contributed by atoms with Gasteiger partial charge in [0.2, 0.25) is 0 Å². The van der Waals surface area contributed by atoms with Crippen LogP contribution in [0.5, 0.6) is 17.2 Å². The molecule has 0 saturated carbocycles. The van der Waals surface area contributed by atoms with Crippen LogP contribution in [0.15, 0.2) is 83.9 Å². The maximum Gasteiger partial charge on any atom is 0.268 e. The van der Waals surface area contributed by atoms with E-state index in [4.69, 9.17) is 9.47 Å². The fraction of sp³-hybridized carbons (Fsp3) is 0.103. The Balaban J connectivity index is 1.37. The van der Waals surface area contributed by atoms with E-state index in [1.54, 1.807) is 75.8 Å². The van der Waals surface area contributed by atoms with Gasteiger partial charge < -0.3 is 14.8 Å². The molecular formula is C29H23FN4O4. The Hall–Kier alpha value is -5.05. The number of rotatable bonds is 6. The maximum absolute atomic E-state index is 13.4. The van der Waals surface area contributed by atoms with Gasteiger partial charge in [0.25, 0.3) is 11.5 Å². The van der Waals surface area contributed by atoms with E-state index in [1.165, 1.54) is 28.8 Å². The predicted molar refractivity (Wildman–Crippen MR) is 142 cm³/mol. The molecule has 5 aromatic rings. The van der Waals surface area contributed by atoms with Gasteiger partial charge in [-0.2, -0.15) is 0 Å². The van der Waals surface area contributed by atoms with Crippen LogP contribution in [0.1, 0.15) is 21.6 Å². The van der Waals surface area contributed by atoms with E-state index in [2.05, 4.69) is 15.3 Å². The highest BCUT2D eigenvalue weighted by Gasteiger charge is 2.19. The minimum Gasteiger partial charge on any atom is -0.495 e. The van der Waals surface area contributed by atoms with E-state index < -0.39 is 17.3 Å². The normalized spacial score (nSPS) is 10.8. The fourth-order valence-electron chi connectivity index (χ4n) is 4.19. The molecule has 0 unspecified atom stereocenters. The summed E-state index contributed by atoms with van der Waals surface area (Å²) in [6.45, 7) is 3.47. The Morgan fingerprint density at radius 1 is 0.947 bits per heavy atom. The first kappa shape index (κ1) is 24.6. The number of carbonyl (C=O) groups excluding carboxylic acids is 1. The lowest BCUT2D eigenvalue weighted by Crippen LogP contribution is -2.31. The number of aryl methyl sites for hydroxylation is 2. The maximum atomic E-state index is 13.4. The Morgan fingerprint density at radius 2 is 1.68 bits per heavy atom. The number of hydrogen-bond acceptors (Lipinski definition) is 6. The molecule has 38 heavy (non-hydrogen) atoms. The molecule has 3 aromatic heterocycles. The van der Waals surface area contributed by atoms with Crippen LogP contribution in [-0.2, 0) is 0 Å². The monoisotopic (exact) mass is 510 g/mol. The lowest BCUT2D eigenvalue weighted by atomic mass is 10.1. The van der Waals surface area contributed by atoms with Gasteiger partial charge in [0.15, 0.2) is 5.75 Å². The third-order valence-corrected chi connectivity index (χ3v) is 5.99. The average Bonchev–Trinajstić information content (AvgIpc) is 2.90. The summed E-state index contributed by atoms with van der Waals surface area (Å²) in [5.41, 5.74) is 2.86. The van der Waals surface area contributed by atoms with E-state index in [1.807, 2.05) is 0 Å². The second-order valence-electron chi connectivity index (χ2n) is 8.59. The van der Waals surface area contributed by atoms with Gasteiger partial charge in [0.1, 0.15) is 28.4 Å². The first-order valence-corrected chi connectivity index (χ1v) is 11.7. The first-order valence-electron chi connectivity index (χ1n) is 11.7. The molecular weight excluding hydrogens is 487 g/mol. The molecule has 9 heteroatoms. The molecule has 3 heterocycles. The van der Waals surface area contributed by atoms with E-state index in [9.17, 15) is 14.0 Å². The van der Waals surface area contributed by atoms with Crippen LogP contribution in [-0.4, -0.2) is 27.6 Å². The van der Waals surface area contributed by atoms with Gasteiger partial charge in [-0.3, -0.25) is 19.1 Å². The van der Waals surface area contributed by atoms with Crippen molar-refractivity contribution < 1.29 is 18.7 Å². The molecule has 8 nitrogen and oxygen atoms in total. The standard InChI is InChI=1S/C29H23FN4O4/c1-17-14-18(2)34(21-8-4-19(30)5-9-21)29(36)26(17)28(35)33-20-6-10-22(11-7-20)38-25-12-13-31-24-15-23(37-3)16-32-27(24)25/h4-16H,1-3H3,(H,33,35). The summed E-state index contributed by atoms with van der Waals surface area (Å²) in [7, 11) is 1.56. The zero-order valence-corrected chi connectivity index (χ0v) is 20.9. The van der Waals surface area contributed by atoms with Crippen molar-refractivity contribution in [3.8, 4) is 22.9 Å². The van der Waals surface area contributed by atoms with Crippen LogP contribution >= 0.6 is 0 Å². The minimum atomic E-state index is -0.546. The van der Waals surface area contributed by atoms with Crippen molar-refractivity contribution in [1.29, 1.82) is 0 Å². The summed E-state index contributed by atoms with van der Waals surface area (Å²) in [6.07, 6.45) is 3.21. The molecule has 0 atom stereocenters. The number of fused-ring (bicyclic) bond motifs is 1. The summed E-state index contributed by atoms with van der Waals surface area (Å²) in [5, 5.41) is 2.78. The number of amides is 1. The number of carbonyl (C=O) groups is 1. The number of benzene rings is 2. The van der Waals surface area contributed by atoms with Crippen LogP contribution < -0.4 is 20.3 Å². The van der Waals surface area contributed by atoms with Crippen molar-refractivity contribution in [2.45, 2.75) is 13.8 Å². The number of pyridine rings is 3. The minimum absolute atomic E-state index is 0.00464. The molecule has 0 radical (unpaired) electrons. The molecule has 1 N–H and O–H groups in total. The molecule has 0 aliphatic heterocycles. The number of nitrogens with zero attached hydrogens (tertiary/aromatic N) is 3. The number of anilines is 1. The van der Waals surface area contributed by atoms with E-state index in [0.29, 0.717) is 50.9 Å². The second-order valence-corrected chi connectivity index (χ2v) is 8.59. The lowest BCUT2D eigenvalue weighted by Gasteiger charge is -2.15. The first-order chi connectivity index (χ1) is 18.3. The highest BCUT2D eigenvalue weighted by molar-refractivity contribution is 6.05. The van der Waals surface area contributed by atoms with Gasteiger partial charge in [0.05, 0.1) is 18.8 Å². The lowest BCUT2D eigenvalue weighted by molar-refractivity contribution is 0.102. The zero-order chi connectivity index (χ0) is 26.8.